The van der Waals surface area contributed by atoms with Crippen molar-refractivity contribution in [3.63, 3.8) is 0 Å². The van der Waals surface area contributed by atoms with Gasteiger partial charge < -0.3 is 20.1 Å². The van der Waals surface area contributed by atoms with Crippen molar-refractivity contribution in [2.24, 2.45) is 5.92 Å². The van der Waals surface area contributed by atoms with E-state index in [1.165, 1.54) is 0 Å². The molecule has 1 amide bonds. The number of piperidine rings is 1. The molecule has 1 saturated heterocycles. The molecule has 0 radical (unpaired) electrons. The number of rotatable bonds is 2. The minimum absolute atomic E-state index is 0.0553. The molecule has 0 aliphatic carbocycles. The number of ether oxygens (including phenoxy) is 2. The van der Waals surface area contributed by atoms with Crippen LogP contribution in [0.2, 0.25) is 0 Å². The number of hydrogen-bond donors (Lipinski definition) is 2. The second kappa shape index (κ2) is 6.13. The molecule has 0 aromatic heterocycles. The standard InChI is InChI=1S/C15H20N2O3/c18-15(11-3-1-6-16-10-11)17-12-4-5-13-14(9-12)20-8-2-7-19-13/h4-5,9,11,16H,1-3,6-8,10H2,(H,17,18)/t11-/m1/s1. The topological polar surface area (TPSA) is 59.6 Å². The number of hydrogen-bond acceptors (Lipinski definition) is 4. The van der Waals surface area contributed by atoms with E-state index < -0.39 is 0 Å². The van der Waals surface area contributed by atoms with Crippen LogP contribution in [0, 0.1) is 5.92 Å². The van der Waals surface area contributed by atoms with Crippen LogP contribution in [0.5, 0.6) is 11.5 Å². The van der Waals surface area contributed by atoms with Gasteiger partial charge in [-0.3, -0.25) is 4.79 Å². The summed E-state index contributed by atoms with van der Waals surface area (Å²) < 4.78 is 11.2. The van der Waals surface area contributed by atoms with Gasteiger partial charge in [-0.15, -0.1) is 0 Å². The van der Waals surface area contributed by atoms with Crippen LogP contribution in [0.1, 0.15) is 19.3 Å². The van der Waals surface area contributed by atoms with Crippen molar-refractivity contribution >= 4 is 11.6 Å². The zero-order chi connectivity index (χ0) is 13.8. The predicted octanol–water partition coefficient (Wildman–Crippen LogP) is 1.79. The molecular weight excluding hydrogens is 256 g/mol. The third-order valence-corrected chi connectivity index (χ3v) is 3.68. The Balaban J connectivity index is 1.68. The minimum atomic E-state index is 0.0553. The minimum Gasteiger partial charge on any atom is -0.490 e. The fraction of sp³-hybridized carbons (Fsp3) is 0.533. The second-order valence-electron chi connectivity index (χ2n) is 5.24. The Morgan fingerprint density at radius 1 is 1.20 bits per heavy atom. The molecule has 2 aliphatic heterocycles. The number of amides is 1. The van der Waals surface area contributed by atoms with Gasteiger partial charge in [-0.1, -0.05) is 0 Å². The second-order valence-corrected chi connectivity index (χ2v) is 5.24. The summed E-state index contributed by atoms with van der Waals surface area (Å²) in [6.07, 6.45) is 2.88. The Labute approximate surface area is 118 Å². The van der Waals surface area contributed by atoms with Crippen LogP contribution in [0.3, 0.4) is 0 Å². The number of anilines is 1. The molecule has 5 nitrogen and oxygen atoms in total. The van der Waals surface area contributed by atoms with Gasteiger partial charge in [0.05, 0.1) is 19.1 Å². The fourth-order valence-corrected chi connectivity index (χ4v) is 2.56. The summed E-state index contributed by atoms with van der Waals surface area (Å²) in [6, 6.07) is 5.56. The maximum atomic E-state index is 12.2. The summed E-state index contributed by atoms with van der Waals surface area (Å²) in [5.74, 6) is 1.59. The lowest BCUT2D eigenvalue weighted by molar-refractivity contribution is -0.120. The predicted molar refractivity (Wildman–Crippen MR) is 76.3 cm³/mol. The van der Waals surface area contributed by atoms with Crippen LogP contribution < -0.4 is 20.1 Å². The molecule has 2 N–H and O–H groups in total. The van der Waals surface area contributed by atoms with E-state index in [0.29, 0.717) is 19.0 Å². The van der Waals surface area contributed by atoms with Gasteiger partial charge in [-0.25, -0.2) is 0 Å². The van der Waals surface area contributed by atoms with Gasteiger partial charge in [0.2, 0.25) is 5.91 Å². The molecule has 1 atom stereocenters. The van der Waals surface area contributed by atoms with Crippen molar-refractivity contribution in [1.82, 2.24) is 5.32 Å². The van der Waals surface area contributed by atoms with Crippen molar-refractivity contribution < 1.29 is 14.3 Å². The average molecular weight is 276 g/mol. The van der Waals surface area contributed by atoms with Crippen LogP contribution in [-0.4, -0.2) is 32.2 Å². The third kappa shape index (κ3) is 3.04. The summed E-state index contributed by atoms with van der Waals surface area (Å²) in [7, 11) is 0. The van der Waals surface area contributed by atoms with E-state index in [-0.39, 0.29) is 11.8 Å². The average Bonchev–Trinajstić information content (AvgIpc) is 2.73. The molecule has 0 saturated carbocycles. The number of fused-ring (bicyclic) bond motifs is 1. The molecule has 2 aliphatic rings. The van der Waals surface area contributed by atoms with E-state index in [1.54, 1.807) is 0 Å². The monoisotopic (exact) mass is 276 g/mol. The van der Waals surface area contributed by atoms with Gasteiger partial charge in [0, 0.05) is 24.7 Å². The molecule has 0 bridgehead atoms. The molecule has 3 rings (SSSR count). The molecule has 20 heavy (non-hydrogen) atoms. The van der Waals surface area contributed by atoms with E-state index >= 15 is 0 Å². The first-order valence-electron chi connectivity index (χ1n) is 7.24. The molecular formula is C15H20N2O3. The summed E-state index contributed by atoms with van der Waals surface area (Å²) in [6.45, 7) is 3.09. The third-order valence-electron chi connectivity index (χ3n) is 3.68. The summed E-state index contributed by atoms with van der Waals surface area (Å²) in [5.41, 5.74) is 0.768. The summed E-state index contributed by atoms with van der Waals surface area (Å²) >= 11 is 0. The summed E-state index contributed by atoms with van der Waals surface area (Å²) in [4.78, 5) is 12.2. The zero-order valence-corrected chi connectivity index (χ0v) is 11.5. The lowest BCUT2D eigenvalue weighted by Gasteiger charge is -2.22. The van der Waals surface area contributed by atoms with Gasteiger partial charge in [-0.05, 0) is 31.5 Å². The molecule has 0 spiro atoms. The molecule has 2 heterocycles. The van der Waals surface area contributed by atoms with Crippen molar-refractivity contribution in [3.05, 3.63) is 18.2 Å². The highest BCUT2D eigenvalue weighted by Crippen LogP contribution is 2.32. The van der Waals surface area contributed by atoms with Crippen LogP contribution in [-0.2, 0) is 4.79 Å². The quantitative estimate of drug-likeness (QED) is 0.864. The SMILES string of the molecule is O=C(Nc1ccc2c(c1)OCCCO2)[C@@H]1CCCNC1. The molecule has 1 aromatic rings. The van der Waals surface area contributed by atoms with Gasteiger partial charge >= 0.3 is 0 Å². The van der Waals surface area contributed by atoms with E-state index in [4.69, 9.17) is 9.47 Å². The highest BCUT2D eigenvalue weighted by molar-refractivity contribution is 5.93. The van der Waals surface area contributed by atoms with Crippen molar-refractivity contribution in [2.45, 2.75) is 19.3 Å². The van der Waals surface area contributed by atoms with Crippen LogP contribution in [0.4, 0.5) is 5.69 Å². The lowest BCUT2D eigenvalue weighted by atomic mass is 9.99. The normalized spacial score (nSPS) is 21.9. The first-order chi connectivity index (χ1) is 9.83. The van der Waals surface area contributed by atoms with Crippen molar-refractivity contribution in [3.8, 4) is 11.5 Å². The fourth-order valence-electron chi connectivity index (χ4n) is 2.56. The maximum absolute atomic E-state index is 12.2. The Kier molecular flexibility index (Phi) is 4.06. The Morgan fingerprint density at radius 3 is 2.85 bits per heavy atom. The molecule has 0 unspecified atom stereocenters. The maximum Gasteiger partial charge on any atom is 0.228 e. The Bertz CT molecular complexity index is 484. The smallest absolute Gasteiger partial charge is 0.228 e. The Hall–Kier alpha value is -1.75. The molecule has 5 heteroatoms. The van der Waals surface area contributed by atoms with E-state index in [1.807, 2.05) is 18.2 Å². The van der Waals surface area contributed by atoms with Crippen LogP contribution in [0.25, 0.3) is 0 Å². The van der Waals surface area contributed by atoms with Gasteiger partial charge in [-0.2, -0.15) is 0 Å². The van der Waals surface area contributed by atoms with Crippen LogP contribution in [0.15, 0.2) is 18.2 Å². The first kappa shape index (κ1) is 13.2. The van der Waals surface area contributed by atoms with Gasteiger partial charge in [0.15, 0.2) is 11.5 Å². The van der Waals surface area contributed by atoms with Crippen molar-refractivity contribution in [2.75, 3.05) is 31.6 Å². The largest absolute Gasteiger partial charge is 0.490 e. The van der Waals surface area contributed by atoms with Gasteiger partial charge in [0.1, 0.15) is 0 Å². The molecule has 108 valence electrons. The van der Waals surface area contributed by atoms with Crippen LogP contribution >= 0.6 is 0 Å². The van der Waals surface area contributed by atoms with E-state index in [0.717, 1.165) is 43.8 Å². The number of carbonyl (C=O) groups is 1. The highest BCUT2D eigenvalue weighted by Gasteiger charge is 2.21. The van der Waals surface area contributed by atoms with Gasteiger partial charge in [0.25, 0.3) is 0 Å². The summed E-state index contributed by atoms with van der Waals surface area (Å²) in [5, 5.41) is 6.22. The lowest BCUT2D eigenvalue weighted by Crippen LogP contribution is -2.37. The Morgan fingerprint density at radius 2 is 2.05 bits per heavy atom. The van der Waals surface area contributed by atoms with Crippen molar-refractivity contribution in [1.29, 1.82) is 0 Å². The number of carbonyl (C=O) groups excluding carboxylic acids is 1. The van der Waals surface area contributed by atoms with E-state index in [2.05, 4.69) is 10.6 Å². The zero-order valence-electron chi connectivity index (χ0n) is 11.5. The number of benzene rings is 1. The molecule has 1 fully saturated rings. The van der Waals surface area contributed by atoms with E-state index in [9.17, 15) is 4.79 Å². The highest BCUT2D eigenvalue weighted by atomic mass is 16.5. The first-order valence-corrected chi connectivity index (χ1v) is 7.24. The number of nitrogens with one attached hydrogen (secondary N) is 2. The molecule has 1 aromatic carbocycles.